The van der Waals surface area contributed by atoms with E-state index >= 15 is 0 Å². The Bertz CT molecular complexity index is 794. The number of hydrogen-bond acceptors (Lipinski definition) is 4. The van der Waals surface area contributed by atoms with Gasteiger partial charge in [0.05, 0.1) is 4.92 Å². The van der Waals surface area contributed by atoms with E-state index in [0.717, 1.165) is 6.07 Å². The van der Waals surface area contributed by atoms with E-state index in [1.165, 1.54) is 18.2 Å². The molecule has 0 saturated carbocycles. The predicted octanol–water partition coefficient (Wildman–Crippen LogP) is 2.67. The number of benzene rings is 2. The van der Waals surface area contributed by atoms with Gasteiger partial charge in [0.2, 0.25) is 0 Å². The predicted molar refractivity (Wildman–Crippen MR) is 87.1 cm³/mol. The zero-order valence-electron chi connectivity index (χ0n) is 12.3. The highest BCUT2D eigenvalue weighted by Gasteiger charge is 2.22. The fourth-order valence-corrected chi connectivity index (χ4v) is 2.30. The average Bonchev–Trinajstić information content (AvgIpc) is 2.56. The first-order chi connectivity index (χ1) is 11.4. The Morgan fingerprint density at radius 2 is 1.92 bits per heavy atom. The summed E-state index contributed by atoms with van der Waals surface area (Å²) in [6.45, 7) is 0. The first-order valence-corrected chi connectivity index (χ1v) is 7.28. The molecule has 1 atom stereocenters. The molecular weight excluding hydrogens is 336 g/mol. The molecule has 0 fully saturated rings. The fourth-order valence-electron chi connectivity index (χ4n) is 2.09. The summed E-state index contributed by atoms with van der Waals surface area (Å²) in [7, 11) is 0. The van der Waals surface area contributed by atoms with Crippen LogP contribution in [0.25, 0.3) is 0 Å². The van der Waals surface area contributed by atoms with Gasteiger partial charge in [0.1, 0.15) is 6.04 Å². The number of nitrogens with one attached hydrogen (secondary N) is 1. The van der Waals surface area contributed by atoms with Gasteiger partial charge in [-0.15, -0.1) is 0 Å². The summed E-state index contributed by atoms with van der Waals surface area (Å²) in [6, 6.07) is 10.6. The van der Waals surface area contributed by atoms with Crippen LogP contribution in [-0.4, -0.2) is 27.9 Å². The van der Waals surface area contributed by atoms with Crippen LogP contribution in [-0.2, 0) is 11.2 Å². The van der Waals surface area contributed by atoms with Gasteiger partial charge in [-0.3, -0.25) is 14.9 Å². The number of carbonyl (C=O) groups excluding carboxylic acids is 1. The molecule has 0 aliphatic carbocycles. The molecule has 0 bridgehead atoms. The zero-order valence-corrected chi connectivity index (χ0v) is 13.1. The summed E-state index contributed by atoms with van der Waals surface area (Å²) >= 11 is 6.00. The van der Waals surface area contributed by atoms with Crippen molar-refractivity contribution in [1.82, 2.24) is 5.32 Å². The van der Waals surface area contributed by atoms with Crippen molar-refractivity contribution in [2.75, 3.05) is 0 Å². The number of amides is 1. The fraction of sp³-hybridized carbons (Fsp3) is 0.125. The first-order valence-electron chi connectivity index (χ1n) is 6.90. The number of carbonyl (C=O) groups is 2. The van der Waals surface area contributed by atoms with Crippen molar-refractivity contribution in [3.63, 3.8) is 0 Å². The zero-order chi connectivity index (χ0) is 17.7. The second-order valence-corrected chi connectivity index (χ2v) is 5.37. The lowest BCUT2D eigenvalue weighted by Crippen LogP contribution is -2.42. The van der Waals surface area contributed by atoms with Crippen LogP contribution >= 0.6 is 11.6 Å². The summed E-state index contributed by atoms with van der Waals surface area (Å²) in [4.78, 5) is 33.7. The van der Waals surface area contributed by atoms with E-state index in [1.54, 1.807) is 24.3 Å². The quantitative estimate of drug-likeness (QED) is 0.616. The molecule has 0 aromatic heterocycles. The van der Waals surface area contributed by atoms with Crippen molar-refractivity contribution < 1.29 is 19.6 Å². The number of rotatable bonds is 6. The van der Waals surface area contributed by atoms with E-state index in [2.05, 4.69) is 5.32 Å². The topological polar surface area (TPSA) is 110 Å². The van der Waals surface area contributed by atoms with Gasteiger partial charge in [-0.1, -0.05) is 35.9 Å². The molecule has 124 valence electrons. The molecule has 0 spiro atoms. The molecule has 0 heterocycles. The van der Waals surface area contributed by atoms with Crippen LogP contribution in [0.1, 0.15) is 15.9 Å². The Kier molecular flexibility index (Phi) is 5.49. The van der Waals surface area contributed by atoms with Gasteiger partial charge in [-0.25, -0.2) is 4.79 Å². The summed E-state index contributed by atoms with van der Waals surface area (Å²) in [6.07, 6.45) is -0.00429. The van der Waals surface area contributed by atoms with E-state index in [9.17, 15) is 24.8 Å². The van der Waals surface area contributed by atoms with Gasteiger partial charge in [0.25, 0.3) is 11.6 Å². The number of carboxylic acids is 1. The van der Waals surface area contributed by atoms with Gasteiger partial charge in [0, 0.05) is 29.1 Å². The normalized spacial score (nSPS) is 11.5. The van der Waals surface area contributed by atoms with Gasteiger partial charge < -0.3 is 10.4 Å². The number of aliphatic carboxylic acids is 1. The highest BCUT2D eigenvalue weighted by atomic mass is 35.5. The second kappa shape index (κ2) is 7.56. The number of nitro benzene ring substituents is 1. The molecule has 1 amide bonds. The van der Waals surface area contributed by atoms with Crippen LogP contribution in [0.2, 0.25) is 5.02 Å². The van der Waals surface area contributed by atoms with Gasteiger partial charge in [-0.05, 0) is 17.7 Å². The van der Waals surface area contributed by atoms with Crippen molar-refractivity contribution >= 4 is 29.2 Å². The highest BCUT2D eigenvalue weighted by Crippen LogP contribution is 2.17. The summed E-state index contributed by atoms with van der Waals surface area (Å²) < 4.78 is 0. The third-order valence-corrected chi connectivity index (χ3v) is 3.67. The molecule has 0 saturated heterocycles. The molecule has 0 unspecified atom stereocenters. The summed E-state index contributed by atoms with van der Waals surface area (Å²) in [5.41, 5.74) is 0.334. The minimum atomic E-state index is -1.23. The highest BCUT2D eigenvalue weighted by molar-refractivity contribution is 6.31. The maximum absolute atomic E-state index is 12.2. The molecule has 24 heavy (non-hydrogen) atoms. The maximum Gasteiger partial charge on any atom is 0.326 e. The maximum atomic E-state index is 12.2. The van der Waals surface area contributed by atoms with E-state index in [1.807, 2.05) is 0 Å². The lowest BCUT2D eigenvalue weighted by molar-refractivity contribution is -0.384. The van der Waals surface area contributed by atoms with Crippen molar-refractivity contribution in [3.05, 3.63) is 74.8 Å². The monoisotopic (exact) mass is 348 g/mol. The van der Waals surface area contributed by atoms with Crippen LogP contribution in [0, 0.1) is 10.1 Å². The van der Waals surface area contributed by atoms with E-state index in [0.29, 0.717) is 10.6 Å². The Labute approximate surface area is 142 Å². The molecule has 2 N–H and O–H groups in total. The largest absolute Gasteiger partial charge is 0.480 e. The molecule has 0 radical (unpaired) electrons. The second-order valence-electron chi connectivity index (χ2n) is 4.97. The van der Waals surface area contributed by atoms with Crippen LogP contribution in [0.5, 0.6) is 0 Å². The van der Waals surface area contributed by atoms with E-state index in [-0.39, 0.29) is 17.7 Å². The first kappa shape index (κ1) is 17.4. The molecular formula is C16H13ClN2O5. The molecule has 7 nitrogen and oxygen atoms in total. The Morgan fingerprint density at radius 3 is 2.54 bits per heavy atom. The van der Waals surface area contributed by atoms with Crippen molar-refractivity contribution in [1.29, 1.82) is 0 Å². The minimum absolute atomic E-state index is 0.00429. The van der Waals surface area contributed by atoms with Gasteiger partial charge in [0.15, 0.2) is 0 Å². The Morgan fingerprint density at radius 1 is 1.21 bits per heavy atom. The lowest BCUT2D eigenvalue weighted by Gasteiger charge is -2.15. The van der Waals surface area contributed by atoms with Crippen molar-refractivity contribution in [2.24, 2.45) is 0 Å². The number of hydrogen-bond donors (Lipinski definition) is 2. The van der Waals surface area contributed by atoms with E-state index < -0.39 is 22.8 Å². The molecule has 0 aliphatic heterocycles. The van der Waals surface area contributed by atoms with Gasteiger partial charge in [-0.2, -0.15) is 0 Å². The number of nitrogens with zero attached hydrogens (tertiary/aromatic N) is 1. The Balaban J connectivity index is 2.17. The van der Waals surface area contributed by atoms with Crippen LogP contribution in [0.3, 0.4) is 0 Å². The molecule has 2 aromatic carbocycles. The number of halogens is 1. The van der Waals surface area contributed by atoms with E-state index in [4.69, 9.17) is 11.6 Å². The summed E-state index contributed by atoms with van der Waals surface area (Å²) in [5.74, 6) is -1.94. The number of non-ortho nitro benzene ring substituents is 1. The molecule has 8 heteroatoms. The van der Waals surface area contributed by atoms with Crippen molar-refractivity contribution in [2.45, 2.75) is 12.5 Å². The average molecular weight is 349 g/mol. The standard InChI is InChI=1S/C16H13ClN2O5/c17-13-7-2-1-4-10(13)9-14(16(21)22)18-15(20)11-5-3-6-12(8-11)19(23)24/h1-8,14H,9H2,(H,18,20)(H,21,22)/t14-/m1/s1. The smallest absolute Gasteiger partial charge is 0.326 e. The van der Waals surface area contributed by atoms with Crippen LogP contribution in [0.15, 0.2) is 48.5 Å². The third-order valence-electron chi connectivity index (χ3n) is 3.30. The molecule has 2 rings (SSSR count). The molecule has 0 aliphatic rings. The minimum Gasteiger partial charge on any atom is -0.480 e. The van der Waals surface area contributed by atoms with Crippen molar-refractivity contribution in [3.8, 4) is 0 Å². The number of carboxylic acid groups (broad SMARTS) is 1. The SMILES string of the molecule is O=C(N[C@H](Cc1ccccc1Cl)C(=O)O)c1cccc([N+](=O)[O-])c1. The third kappa shape index (κ3) is 4.30. The number of nitro groups is 1. The molecule has 2 aromatic rings. The van der Waals surface area contributed by atoms with Crippen LogP contribution in [0.4, 0.5) is 5.69 Å². The van der Waals surface area contributed by atoms with Crippen LogP contribution < -0.4 is 5.32 Å². The Hall–Kier alpha value is -2.93. The lowest BCUT2D eigenvalue weighted by atomic mass is 10.1. The van der Waals surface area contributed by atoms with Gasteiger partial charge >= 0.3 is 5.97 Å². The summed E-state index contributed by atoms with van der Waals surface area (Å²) in [5, 5.41) is 22.8.